The van der Waals surface area contributed by atoms with Gasteiger partial charge in [-0.3, -0.25) is 4.90 Å². The Morgan fingerprint density at radius 3 is 2.46 bits per heavy atom. The molecule has 0 spiro atoms. The molecule has 2 heterocycles. The molecule has 0 N–H and O–H groups in total. The molecule has 2 aromatic rings. The zero-order valence-corrected chi connectivity index (χ0v) is 16.6. The summed E-state index contributed by atoms with van der Waals surface area (Å²) in [5, 5.41) is 0. The van der Waals surface area contributed by atoms with Crippen molar-refractivity contribution >= 4 is 22.2 Å². The first-order chi connectivity index (χ1) is 12.4. The van der Waals surface area contributed by atoms with Crippen molar-refractivity contribution in [1.82, 2.24) is 18.3 Å². The van der Waals surface area contributed by atoms with Crippen LogP contribution in [0.5, 0.6) is 0 Å². The number of fused-ring (bicyclic) bond motifs is 1. The van der Waals surface area contributed by atoms with Gasteiger partial charge in [0.25, 0.3) is 0 Å². The third kappa shape index (κ3) is 3.26. The number of imidazole rings is 1. The third-order valence-corrected chi connectivity index (χ3v) is 7.83. The monoisotopic (exact) mass is 392 g/mol. The Kier molecular flexibility index (Phi) is 4.77. The topological polar surface area (TPSA) is 50.5 Å². The Hall–Kier alpha value is -1.48. The van der Waals surface area contributed by atoms with E-state index in [0.29, 0.717) is 37.7 Å². The van der Waals surface area contributed by atoms with E-state index in [1.54, 1.807) is 10.4 Å². The van der Waals surface area contributed by atoms with Crippen LogP contribution in [0, 0.1) is 4.77 Å². The molecule has 1 aliphatic heterocycles. The summed E-state index contributed by atoms with van der Waals surface area (Å²) in [7, 11) is -1.48. The highest BCUT2D eigenvalue weighted by Gasteiger charge is 2.29. The van der Waals surface area contributed by atoms with E-state index in [9.17, 15) is 8.42 Å². The highest BCUT2D eigenvalue weighted by atomic mass is 32.2. The molecule has 0 atom stereocenters. The van der Waals surface area contributed by atoms with Crippen LogP contribution in [-0.4, -0.2) is 52.9 Å². The second-order valence-corrected chi connectivity index (χ2v) is 9.41. The second kappa shape index (κ2) is 6.92. The predicted octanol–water partition coefficient (Wildman–Crippen LogP) is 2.01. The summed E-state index contributed by atoms with van der Waals surface area (Å²) in [6.45, 7) is 3.15. The van der Waals surface area contributed by atoms with E-state index in [-0.39, 0.29) is 0 Å². The van der Waals surface area contributed by atoms with Crippen LogP contribution in [0.4, 0.5) is 0 Å². The number of benzene rings is 1. The number of rotatable bonds is 4. The largest absolute Gasteiger partial charge is 0.327 e. The number of aromatic nitrogens is 2. The van der Waals surface area contributed by atoms with Crippen molar-refractivity contribution in [1.29, 1.82) is 0 Å². The fraction of sp³-hybridized carbons (Fsp3) is 0.500. The maximum atomic E-state index is 13.0. The molecule has 0 unspecified atom stereocenters. The van der Waals surface area contributed by atoms with Crippen LogP contribution in [0.1, 0.15) is 17.5 Å². The number of piperazine rings is 1. The predicted molar refractivity (Wildman–Crippen MR) is 103 cm³/mol. The van der Waals surface area contributed by atoms with E-state index in [1.165, 1.54) is 11.1 Å². The summed E-state index contributed by atoms with van der Waals surface area (Å²) in [6, 6.07) is 5.64. The van der Waals surface area contributed by atoms with Crippen LogP contribution < -0.4 is 0 Å². The number of hydrogen-bond acceptors (Lipinski definition) is 4. The quantitative estimate of drug-likeness (QED) is 0.747. The lowest BCUT2D eigenvalue weighted by Crippen LogP contribution is -2.48. The summed E-state index contributed by atoms with van der Waals surface area (Å²) >= 11 is 5.37. The van der Waals surface area contributed by atoms with Gasteiger partial charge in [0.1, 0.15) is 0 Å². The van der Waals surface area contributed by atoms with E-state index in [4.69, 9.17) is 12.2 Å². The van der Waals surface area contributed by atoms with E-state index in [0.717, 1.165) is 24.0 Å². The van der Waals surface area contributed by atoms with Gasteiger partial charge in [0, 0.05) is 45.6 Å². The fourth-order valence-corrected chi connectivity index (χ4v) is 5.46. The summed E-state index contributed by atoms with van der Waals surface area (Å²) < 4.78 is 32.3. The molecule has 1 aliphatic carbocycles. The molecule has 8 heteroatoms. The number of sulfonamides is 1. The fourth-order valence-electron chi connectivity index (χ4n) is 3.80. The van der Waals surface area contributed by atoms with E-state index < -0.39 is 10.0 Å². The smallest absolute Gasteiger partial charge is 0.243 e. The summed E-state index contributed by atoms with van der Waals surface area (Å²) in [5.74, 6) is 0. The minimum absolute atomic E-state index is 0.442. The Bertz CT molecular complexity index is 969. The molecular weight excluding hydrogens is 368 g/mol. The minimum Gasteiger partial charge on any atom is -0.327 e. The SMILES string of the molecule is Cn1ccn(CN2CCN(S(=O)(=O)c3ccc4c(c3)CCC4)CC2)c1=S. The van der Waals surface area contributed by atoms with Gasteiger partial charge in [0.05, 0.1) is 11.6 Å². The van der Waals surface area contributed by atoms with Gasteiger partial charge in [-0.1, -0.05) is 6.07 Å². The van der Waals surface area contributed by atoms with Gasteiger partial charge >= 0.3 is 0 Å². The summed E-state index contributed by atoms with van der Waals surface area (Å²) in [4.78, 5) is 2.68. The lowest BCUT2D eigenvalue weighted by molar-refractivity contribution is 0.151. The van der Waals surface area contributed by atoms with Crippen molar-refractivity contribution in [2.24, 2.45) is 7.05 Å². The Labute approximate surface area is 159 Å². The van der Waals surface area contributed by atoms with Gasteiger partial charge in [-0.15, -0.1) is 0 Å². The van der Waals surface area contributed by atoms with Gasteiger partial charge in [-0.2, -0.15) is 4.31 Å². The Morgan fingerprint density at radius 2 is 1.77 bits per heavy atom. The Morgan fingerprint density at radius 1 is 1.04 bits per heavy atom. The molecule has 1 saturated heterocycles. The average molecular weight is 393 g/mol. The number of hydrogen-bond donors (Lipinski definition) is 0. The lowest BCUT2D eigenvalue weighted by Gasteiger charge is -2.34. The molecule has 0 bridgehead atoms. The molecule has 2 aliphatic rings. The average Bonchev–Trinajstić information content (AvgIpc) is 3.23. The summed E-state index contributed by atoms with van der Waals surface area (Å²) in [5.41, 5.74) is 2.50. The maximum Gasteiger partial charge on any atom is 0.243 e. The molecule has 0 radical (unpaired) electrons. The highest BCUT2D eigenvalue weighted by Crippen LogP contribution is 2.26. The molecule has 140 valence electrons. The first-order valence-corrected chi connectivity index (χ1v) is 10.9. The normalized spacial score (nSPS) is 19.0. The van der Waals surface area contributed by atoms with Crippen molar-refractivity contribution in [3.8, 4) is 0 Å². The molecular formula is C18H24N4O2S2. The molecule has 0 saturated carbocycles. The van der Waals surface area contributed by atoms with Gasteiger partial charge in [0.15, 0.2) is 4.77 Å². The number of aryl methyl sites for hydroxylation is 3. The van der Waals surface area contributed by atoms with E-state index in [1.807, 2.05) is 40.7 Å². The highest BCUT2D eigenvalue weighted by molar-refractivity contribution is 7.89. The number of nitrogens with zero attached hydrogens (tertiary/aromatic N) is 4. The van der Waals surface area contributed by atoms with Crippen molar-refractivity contribution in [3.05, 3.63) is 46.5 Å². The molecule has 6 nitrogen and oxygen atoms in total. The van der Waals surface area contributed by atoms with Crippen LogP contribution in [0.3, 0.4) is 0 Å². The maximum absolute atomic E-state index is 13.0. The van der Waals surface area contributed by atoms with Crippen LogP contribution in [0.25, 0.3) is 0 Å². The van der Waals surface area contributed by atoms with Crippen molar-refractivity contribution in [3.63, 3.8) is 0 Å². The van der Waals surface area contributed by atoms with Gasteiger partial charge in [0.2, 0.25) is 10.0 Å². The van der Waals surface area contributed by atoms with Gasteiger partial charge in [-0.25, -0.2) is 8.42 Å². The molecule has 1 fully saturated rings. The molecule has 1 aromatic heterocycles. The van der Waals surface area contributed by atoms with Crippen molar-refractivity contribution in [2.45, 2.75) is 30.8 Å². The molecule has 26 heavy (non-hydrogen) atoms. The first-order valence-electron chi connectivity index (χ1n) is 9.01. The molecule has 0 amide bonds. The van der Waals surface area contributed by atoms with E-state index in [2.05, 4.69) is 4.90 Å². The zero-order chi connectivity index (χ0) is 18.3. The summed E-state index contributed by atoms with van der Waals surface area (Å²) in [6.07, 6.45) is 7.09. The van der Waals surface area contributed by atoms with Crippen LogP contribution in [-0.2, 0) is 36.6 Å². The molecule has 4 rings (SSSR count). The van der Waals surface area contributed by atoms with Crippen LogP contribution >= 0.6 is 12.2 Å². The van der Waals surface area contributed by atoms with Crippen molar-refractivity contribution in [2.75, 3.05) is 26.2 Å². The molecule has 1 aromatic carbocycles. The van der Waals surface area contributed by atoms with Crippen LogP contribution in [0.15, 0.2) is 35.5 Å². The Balaban J connectivity index is 1.44. The zero-order valence-electron chi connectivity index (χ0n) is 15.0. The van der Waals surface area contributed by atoms with Gasteiger partial charge in [-0.05, 0) is 54.7 Å². The van der Waals surface area contributed by atoms with E-state index >= 15 is 0 Å². The lowest BCUT2D eigenvalue weighted by atomic mass is 10.1. The van der Waals surface area contributed by atoms with Crippen LogP contribution in [0.2, 0.25) is 0 Å². The third-order valence-electron chi connectivity index (χ3n) is 5.41. The van der Waals surface area contributed by atoms with Crippen molar-refractivity contribution < 1.29 is 8.42 Å². The second-order valence-electron chi connectivity index (χ2n) is 7.11. The minimum atomic E-state index is -3.41. The standard InChI is InChI=1S/C18H24N4O2S2/c1-19-7-10-21(18(19)25)14-20-8-11-22(12-9-20)26(23,24)17-6-5-15-3-2-4-16(15)13-17/h5-7,10,13H,2-4,8-9,11-12,14H2,1H3. The van der Waals surface area contributed by atoms with Gasteiger partial charge < -0.3 is 9.13 Å². The first kappa shape index (κ1) is 17.9.